The molecule has 1 aliphatic heterocycles. The van der Waals surface area contributed by atoms with Gasteiger partial charge in [0.05, 0.1) is 25.5 Å². The molecule has 0 aromatic carbocycles. The van der Waals surface area contributed by atoms with Crippen LogP contribution in [0.15, 0.2) is 15.8 Å². The Balaban J connectivity index is 2.28. The van der Waals surface area contributed by atoms with Gasteiger partial charge in [0.25, 0.3) is 5.56 Å². The Morgan fingerprint density at radius 2 is 1.96 bits per heavy atom. The first-order valence-corrected chi connectivity index (χ1v) is 10.9. The van der Waals surface area contributed by atoms with E-state index in [1.807, 2.05) is 0 Å². The lowest BCUT2D eigenvalue weighted by molar-refractivity contribution is -0.146. The van der Waals surface area contributed by atoms with Crippen molar-refractivity contribution in [2.24, 2.45) is 5.92 Å². The van der Waals surface area contributed by atoms with Crippen LogP contribution in [0.4, 0.5) is 0 Å². The quantitative estimate of drug-likeness (QED) is 0.473. The maximum Gasteiger partial charge on any atom is 0.331 e. The zero-order valence-electron chi connectivity index (χ0n) is 16.5. The summed E-state index contributed by atoms with van der Waals surface area (Å²) in [5.41, 5.74) is -0.716. The van der Waals surface area contributed by atoms with Gasteiger partial charge in [0.1, 0.15) is 12.8 Å². The Morgan fingerprint density at radius 1 is 1.32 bits per heavy atom. The molecule has 1 aromatic heterocycles. The summed E-state index contributed by atoms with van der Waals surface area (Å²) in [6, 6.07) is 0. The Labute approximate surface area is 162 Å². The SMILES string of the molecule is CCOP(=O)(C[C@H]1C[C@H](n2cc(C)c(=O)[nH]c2=O)O[C@@H]1COC(C)=O)OCC. The highest BCUT2D eigenvalue weighted by molar-refractivity contribution is 7.53. The van der Waals surface area contributed by atoms with Crippen LogP contribution in [-0.2, 0) is 27.9 Å². The first-order chi connectivity index (χ1) is 13.2. The topological polar surface area (TPSA) is 126 Å². The van der Waals surface area contributed by atoms with Gasteiger partial charge in [0, 0.05) is 24.6 Å². The van der Waals surface area contributed by atoms with Gasteiger partial charge >= 0.3 is 19.3 Å². The molecule has 0 spiro atoms. The van der Waals surface area contributed by atoms with Gasteiger partial charge in [-0.15, -0.1) is 0 Å². The predicted molar refractivity (Wildman–Crippen MR) is 100 cm³/mol. The number of nitrogens with one attached hydrogen (secondary N) is 1. The van der Waals surface area contributed by atoms with Crippen LogP contribution in [0.3, 0.4) is 0 Å². The summed E-state index contributed by atoms with van der Waals surface area (Å²) < 4.78 is 35.9. The number of ether oxygens (including phenoxy) is 2. The van der Waals surface area contributed by atoms with E-state index in [0.717, 1.165) is 0 Å². The van der Waals surface area contributed by atoms with E-state index in [1.54, 1.807) is 20.8 Å². The molecule has 1 aromatic rings. The lowest BCUT2D eigenvalue weighted by Crippen LogP contribution is -2.33. The maximum atomic E-state index is 12.9. The molecule has 0 radical (unpaired) electrons. The van der Waals surface area contributed by atoms with Crippen molar-refractivity contribution in [3.8, 4) is 0 Å². The number of rotatable bonds is 9. The molecule has 0 saturated carbocycles. The van der Waals surface area contributed by atoms with Gasteiger partial charge in [0.15, 0.2) is 0 Å². The summed E-state index contributed by atoms with van der Waals surface area (Å²) in [7, 11) is -3.37. The van der Waals surface area contributed by atoms with E-state index >= 15 is 0 Å². The van der Waals surface area contributed by atoms with E-state index in [-0.39, 0.29) is 31.9 Å². The van der Waals surface area contributed by atoms with Crippen LogP contribution in [0, 0.1) is 12.8 Å². The third-order valence-corrected chi connectivity index (χ3v) is 6.60. The predicted octanol–water partition coefficient (Wildman–Crippen LogP) is 1.58. The average molecular weight is 418 g/mol. The van der Waals surface area contributed by atoms with Crippen molar-refractivity contribution in [2.45, 2.75) is 46.4 Å². The lowest BCUT2D eigenvalue weighted by atomic mass is 10.0. The van der Waals surface area contributed by atoms with Crippen LogP contribution >= 0.6 is 7.60 Å². The molecule has 2 heterocycles. The van der Waals surface area contributed by atoms with Crippen LogP contribution in [0.25, 0.3) is 0 Å². The van der Waals surface area contributed by atoms with Crippen molar-refractivity contribution in [2.75, 3.05) is 26.0 Å². The number of nitrogens with zero attached hydrogens (tertiary/aromatic N) is 1. The lowest BCUT2D eigenvalue weighted by Gasteiger charge is -2.23. The van der Waals surface area contributed by atoms with Gasteiger partial charge in [-0.2, -0.15) is 0 Å². The van der Waals surface area contributed by atoms with Crippen LogP contribution < -0.4 is 11.2 Å². The summed E-state index contributed by atoms with van der Waals surface area (Å²) in [6.45, 7) is 6.70. The summed E-state index contributed by atoms with van der Waals surface area (Å²) in [6.07, 6.45) is 0.504. The van der Waals surface area contributed by atoms with Crippen molar-refractivity contribution < 1.29 is 27.9 Å². The number of H-pyrrole nitrogens is 1. The second-order valence-electron chi connectivity index (χ2n) is 6.54. The molecular formula is C17H27N2O8P. The van der Waals surface area contributed by atoms with Crippen molar-refractivity contribution in [3.63, 3.8) is 0 Å². The normalized spacial score (nSPS) is 22.4. The zero-order valence-corrected chi connectivity index (χ0v) is 17.4. The maximum absolute atomic E-state index is 12.9. The van der Waals surface area contributed by atoms with Gasteiger partial charge in [-0.05, 0) is 27.2 Å². The minimum atomic E-state index is -3.37. The van der Waals surface area contributed by atoms with Gasteiger partial charge in [-0.1, -0.05) is 0 Å². The molecule has 0 unspecified atom stereocenters. The summed E-state index contributed by atoms with van der Waals surface area (Å²) in [4.78, 5) is 37.2. The summed E-state index contributed by atoms with van der Waals surface area (Å²) in [5.74, 6) is -0.812. The van der Waals surface area contributed by atoms with Crippen molar-refractivity contribution in [1.29, 1.82) is 0 Å². The van der Waals surface area contributed by atoms with E-state index in [2.05, 4.69) is 4.98 Å². The number of aromatic amines is 1. The van der Waals surface area contributed by atoms with Gasteiger partial charge < -0.3 is 18.5 Å². The average Bonchev–Trinajstić information content (AvgIpc) is 2.98. The fraction of sp³-hybridized carbons (Fsp3) is 0.706. The fourth-order valence-electron chi connectivity index (χ4n) is 3.15. The molecule has 0 bridgehead atoms. The highest BCUT2D eigenvalue weighted by Gasteiger charge is 2.42. The van der Waals surface area contributed by atoms with E-state index < -0.39 is 37.1 Å². The number of esters is 1. The summed E-state index contributed by atoms with van der Waals surface area (Å²) >= 11 is 0. The first kappa shape index (κ1) is 22.5. The van der Waals surface area contributed by atoms with Crippen LogP contribution in [0.1, 0.15) is 39.0 Å². The Kier molecular flexibility index (Phi) is 7.77. The third-order valence-electron chi connectivity index (χ3n) is 4.38. The van der Waals surface area contributed by atoms with Crippen LogP contribution in [-0.4, -0.2) is 47.6 Å². The minimum Gasteiger partial charge on any atom is -0.463 e. The zero-order chi connectivity index (χ0) is 20.9. The molecule has 0 amide bonds. The van der Waals surface area contributed by atoms with E-state index in [9.17, 15) is 18.9 Å². The van der Waals surface area contributed by atoms with Gasteiger partial charge in [0.2, 0.25) is 0 Å². The number of aromatic nitrogens is 2. The van der Waals surface area contributed by atoms with Crippen LogP contribution in [0.2, 0.25) is 0 Å². The minimum absolute atomic E-state index is 0.0498. The molecule has 11 heteroatoms. The van der Waals surface area contributed by atoms with Gasteiger partial charge in [-0.25, -0.2) is 4.79 Å². The summed E-state index contributed by atoms with van der Waals surface area (Å²) in [5, 5.41) is 0. The molecule has 10 nitrogen and oxygen atoms in total. The largest absolute Gasteiger partial charge is 0.463 e. The highest BCUT2D eigenvalue weighted by atomic mass is 31.2. The molecule has 1 aliphatic rings. The molecule has 158 valence electrons. The number of hydrogen-bond donors (Lipinski definition) is 1. The van der Waals surface area contributed by atoms with Gasteiger partial charge in [-0.3, -0.25) is 23.7 Å². The molecule has 1 N–H and O–H groups in total. The van der Waals surface area contributed by atoms with E-state index in [0.29, 0.717) is 12.0 Å². The smallest absolute Gasteiger partial charge is 0.331 e. The van der Waals surface area contributed by atoms with Crippen LogP contribution in [0.5, 0.6) is 0 Å². The van der Waals surface area contributed by atoms with Crippen molar-refractivity contribution >= 4 is 13.6 Å². The molecular weight excluding hydrogens is 391 g/mol. The highest BCUT2D eigenvalue weighted by Crippen LogP contribution is 2.52. The molecule has 2 rings (SSSR count). The third kappa shape index (κ3) is 5.64. The van der Waals surface area contributed by atoms with Crippen molar-refractivity contribution in [3.05, 3.63) is 32.6 Å². The Morgan fingerprint density at radius 3 is 2.54 bits per heavy atom. The molecule has 1 saturated heterocycles. The fourth-order valence-corrected chi connectivity index (χ4v) is 5.18. The second kappa shape index (κ2) is 9.65. The molecule has 3 atom stereocenters. The van der Waals surface area contributed by atoms with E-state index in [4.69, 9.17) is 18.5 Å². The Hall–Kier alpha value is -1.74. The molecule has 0 aliphatic carbocycles. The molecule has 1 fully saturated rings. The number of carbonyl (C=O) groups is 1. The number of aryl methyl sites for hydroxylation is 1. The monoisotopic (exact) mass is 418 g/mol. The number of carbonyl (C=O) groups excluding carboxylic acids is 1. The first-order valence-electron chi connectivity index (χ1n) is 9.18. The van der Waals surface area contributed by atoms with E-state index in [1.165, 1.54) is 17.7 Å². The molecule has 28 heavy (non-hydrogen) atoms. The number of hydrogen-bond acceptors (Lipinski definition) is 8. The van der Waals surface area contributed by atoms with Crippen molar-refractivity contribution in [1.82, 2.24) is 9.55 Å². The Bertz CT molecular complexity index is 838. The standard InChI is InChI=1S/C17H27N2O8P/c1-5-25-28(23,26-6-2)10-13-7-15(27-14(13)9-24-12(4)20)19-8-11(3)16(21)18-17(19)22/h8,13-15H,5-7,9-10H2,1-4H3,(H,18,21,22)/t13-,14-,15-/m1/s1. The second-order valence-corrected chi connectivity index (χ2v) is 8.64.